The van der Waals surface area contributed by atoms with Gasteiger partial charge in [0.25, 0.3) is 5.56 Å². The number of aromatic amines is 1. The maximum atomic E-state index is 12.4. The summed E-state index contributed by atoms with van der Waals surface area (Å²) in [6.45, 7) is 2.56. The van der Waals surface area contributed by atoms with Crippen molar-refractivity contribution in [2.75, 3.05) is 49.0 Å². The van der Waals surface area contributed by atoms with Gasteiger partial charge in [0, 0.05) is 18.8 Å². The molecule has 186 valence electrons. The number of ether oxygens (including phenoxy) is 2. The lowest BCUT2D eigenvalue weighted by Gasteiger charge is -2.28. The number of aliphatic hydroxyl groups excluding tert-OH is 3. The van der Waals surface area contributed by atoms with Crippen LogP contribution in [0.5, 0.6) is 0 Å². The molecule has 2 aliphatic rings. The first kappa shape index (κ1) is 23.2. The first-order valence-corrected chi connectivity index (χ1v) is 11.1. The van der Waals surface area contributed by atoms with Crippen LogP contribution in [0.25, 0.3) is 11.2 Å². The molecular weight excluding hydrogens is 460 g/mol. The number of benzene rings is 1. The lowest BCUT2D eigenvalue weighted by Crippen LogP contribution is -2.36. The van der Waals surface area contributed by atoms with Crippen LogP contribution in [-0.4, -0.2) is 92.3 Å². The molecule has 5 rings (SSSR count). The largest absolute Gasteiger partial charge is 0.394 e. The summed E-state index contributed by atoms with van der Waals surface area (Å²) >= 11 is 0. The number of morpholine rings is 1. The van der Waals surface area contributed by atoms with Gasteiger partial charge in [-0.25, -0.2) is 10.4 Å². The van der Waals surface area contributed by atoms with Crippen LogP contribution in [0, 0.1) is 0 Å². The molecule has 0 aliphatic carbocycles. The molecule has 2 saturated heterocycles. The van der Waals surface area contributed by atoms with Gasteiger partial charge in [0.05, 0.1) is 26.0 Å². The molecule has 1 aromatic carbocycles. The van der Waals surface area contributed by atoms with E-state index in [9.17, 15) is 20.1 Å². The number of hydrazone groups is 1. The average Bonchev–Trinajstić information content (AvgIpc) is 3.36. The minimum Gasteiger partial charge on any atom is -0.394 e. The van der Waals surface area contributed by atoms with Gasteiger partial charge in [0.2, 0.25) is 11.9 Å². The van der Waals surface area contributed by atoms with Gasteiger partial charge in [-0.1, -0.05) is 12.1 Å². The molecule has 2 aromatic heterocycles. The van der Waals surface area contributed by atoms with Crippen LogP contribution in [0.1, 0.15) is 11.8 Å². The van der Waals surface area contributed by atoms with Crippen LogP contribution < -0.4 is 21.6 Å². The van der Waals surface area contributed by atoms with Gasteiger partial charge in [-0.3, -0.25) is 14.3 Å². The van der Waals surface area contributed by atoms with Crippen LogP contribution in [-0.2, 0) is 9.47 Å². The van der Waals surface area contributed by atoms with Crippen molar-refractivity contribution in [3.8, 4) is 0 Å². The Hall–Kier alpha value is -3.56. The fraction of sp³-hybridized carbons (Fsp3) is 0.429. The first-order valence-electron chi connectivity index (χ1n) is 11.1. The number of imidazole rings is 1. The van der Waals surface area contributed by atoms with Gasteiger partial charge in [0.15, 0.2) is 17.4 Å². The number of hydrogen-bond donors (Lipinski definition) is 6. The number of anilines is 3. The lowest BCUT2D eigenvalue weighted by molar-refractivity contribution is -0.0501. The van der Waals surface area contributed by atoms with Gasteiger partial charge >= 0.3 is 0 Å². The van der Waals surface area contributed by atoms with Crippen LogP contribution >= 0.6 is 0 Å². The second-order valence-corrected chi connectivity index (χ2v) is 8.22. The molecule has 7 N–H and O–H groups in total. The molecule has 35 heavy (non-hydrogen) atoms. The van der Waals surface area contributed by atoms with E-state index in [-0.39, 0.29) is 23.1 Å². The molecule has 3 aromatic rings. The molecule has 14 nitrogen and oxygen atoms in total. The lowest BCUT2D eigenvalue weighted by atomic mass is 10.1. The molecule has 0 radical (unpaired) electrons. The number of aliphatic hydroxyl groups is 3. The molecule has 0 saturated carbocycles. The van der Waals surface area contributed by atoms with Crippen molar-refractivity contribution in [2.24, 2.45) is 5.10 Å². The SMILES string of the molecule is Nc1nc2c(nc(N/N=C\c3ccc(N4CCOCC4)cc3)n2[C@@H]2O[C@H](CO)[C@H](O)[C@@H]2O)c(=O)[nH]1. The predicted octanol–water partition coefficient (Wildman–Crippen LogP) is -1.40. The van der Waals surface area contributed by atoms with E-state index in [4.69, 9.17) is 15.2 Å². The summed E-state index contributed by atoms with van der Waals surface area (Å²) in [6, 6.07) is 7.82. The van der Waals surface area contributed by atoms with Gasteiger partial charge in [-0.2, -0.15) is 10.1 Å². The molecular formula is C21H26N8O6. The van der Waals surface area contributed by atoms with E-state index >= 15 is 0 Å². The second-order valence-electron chi connectivity index (χ2n) is 8.22. The van der Waals surface area contributed by atoms with E-state index in [1.807, 2.05) is 24.3 Å². The van der Waals surface area contributed by atoms with E-state index in [1.54, 1.807) is 6.21 Å². The quantitative estimate of drug-likeness (QED) is 0.177. The van der Waals surface area contributed by atoms with E-state index in [1.165, 1.54) is 4.57 Å². The van der Waals surface area contributed by atoms with Crippen molar-refractivity contribution in [2.45, 2.75) is 24.5 Å². The summed E-state index contributed by atoms with van der Waals surface area (Å²) in [6.07, 6.45) is -3.46. The van der Waals surface area contributed by atoms with Gasteiger partial charge in [-0.15, -0.1) is 0 Å². The number of nitrogen functional groups attached to an aromatic ring is 1. The molecule has 0 unspecified atom stereocenters. The monoisotopic (exact) mass is 486 g/mol. The van der Waals surface area contributed by atoms with E-state index < -0.39 is 36.7 Å². The normalized spacial score (nSPS) is 25.1. The smallest absolute Gasteiger partial charge is 0.280 e. The number of nitrogens with two attached hydrogens (primary N) is 1. The fourth-order valence-electron chi connectivity index (χ4n) is 4.17. The minimum absolute atomic E-state index is 0.0219. The number of nitrogens with zero attached hydrogens (tertiary/aromatic N) is 5. The number of fused-ring (bicyclic) bond motifs is 1. The number of rotatable bonds is 6. The zero-order chi connectivity index (χ0) is 24.5. The molecule has 14 heteroatoms. The summed E-state index contributed by atoms with van der Waals surface area (Å²) < 4.78 is 12.3. The average molecular weight is 486 g/mol. The van der Waals surface area contributed by atoms with Gasteiger partial charge < -0.3 is 35.4 Å². The zero-order valence-electron chi connectivity index (χ0n) is 18.6. The van der Waals surface area contributed by atoms with E-state index in [2.05, 4.69) is 30.4 Å². The second kappa shape index (κ2) is 9.59. The van der Waals surface area contributed by atoms with Crippen LogP contribution in [0.2, 0.25) is 0 Å². The Kier molecular flexibility index (Phi) is 6.36. The Labute approximate surface area is 198 Å². The van der Waals surface area contributed by atoms with Crippen molar-refractivity contribution < 1.29 is 24.8 Å². The Morgan fingerprint density at radius 1 is 1.20 bits per heavy atom. The van der Waals surface area contributed by atoms with Crippen molar-refractivity contribution in [1.82, 2.24) is 19.5 Å². The van der Waals surface area contributed by atoms with Crippen molar-refractivity contribution in [1.29, 1.82) is 0 Å². The highest BCUT2D eigenvalue weighted by atomic mass is 16.6. The Morgan fingerprint density at radius 2 is 1.94 bits per heavy atom. The van der Waals surface area contributed by atoms with Gasteiger partial charge in [0.1, 0.15) is 18.3 Å². The van der Waals surface area contributed by atoms with Crippen molar-refractivity contribution in [3.05, 3.63) is 40.2 Å². The van der Waals surface area contributed by atoms with Crippen LogP contribution in [0.15, 0.2) is 34.2 Å². The summed E-state index contributed by atoms with van der Waals surface area (Å²) in [4.78, 5) is 25.3. The van der Waals surface area contributed by atoms with Crippen molar-refractivity contribution in [3.63, 3.8) is 0 Å². The molecule has 0 bridgehead atoms. The molecule has 0 amide bonds. The van der Waals surface area contributed by atoms with Crippen molar-refractivity contribution >= 4 is 35.0 Å². The summed E-state index contributed by atoms with van der Waals surface area (Å²) in [7, 11) is 0. The van der Waals surface area contributed by atoms with E-state index in [0.29, 0.717) is 13.2 Å². The number of H-pyrrole nitrogens is 1. The Morgan fingerprint density at radius 3 is 2.63 bits per heavy atom. The summed E-state index contributed by atoms with van der Waals surface area (Å²) in [5.41, 5.74) is 9.71. The molecule has 0 spiro atoms. The van der Waals surface area contributed by atoms with Crippen LogP contribution in [0.4, 0.5) is 17.6 Å². The fourth-order valence-corrected chi connectivity index (χ4v) is 4.17. The third-order valence-corrected chi connectivity index (χ3v) is 5.99. The van der Waals surface area contributed by atoms with Crippen LogP contribution in [0.3, 0.4) is 0 Å². The number of aromatic nitrogens is 4. The number of hydrogen-bond acceptors (Lipinski definition) is 12. The number of nitrogens with one attached hydrogen (secondary N) is 2. The molecule has 4 atom stereocenters. The maximum Gasteiger partial charge on any atom is 0.280 e. The highest BCUT2D eigenvalue weighted by Crippen LogP contribution is 2.34. The molecule has 2 fully saturated rings. The zero-order valence-corrected chi connectivity index (χ0v) is 18.6. The Bertz CT molecular complexity index is 1270. The summed E-state index contributed by atoms with van der Waals surface area (Å²) in [5.74, 6) is -0.134. The van der Waals surface area contributed by atoms with Gasteiger partial charge in [-0.05, 0) is 17.7 Å². The topological polar surface area (TPSA) is 196 Å². The predicted molar refractivity (Wildman–Crippen MR) is 126 cm³/mol. The first-order chi connectivity index (χ1) is 17.0. The third kappa shape index (κ3) is 4.44. The summed E-state index contributed by atoms with van der Waals surface area (Å²) in [5, 5.41) is 34.4. The maximum absolute atomic E-state index is 12.4. The highest BCUT2D eigenvalue weighted by Gasteiger charge is 2.45. The minimum atomic E-state index is -1.43. The van der Waals surface area contributed by atoms with E-state index in [0.717, 1.165) is 24.3 Å². The molecule has 2 aliphatic heterocycles. The molecule has 4 heterocycles. The Balaban J connectivity index is 1.42. The highest BCUT2D eigenvalue weighted by molar-refractivity contribution is 5.81. The standard InChI is InChI=1S/C21H26N8O6/c22-20-25-17-14(18(33)26-20)24-21(29(17)19-16(32)15(31)13(10-30)35-19)27-23-9-11-1-3-12(4-2-11)28-5-7-34-8-6-28/h1-4,9,13,15-16,19,30-32H,5-8,10H2,(H,24,27)(H3,22,25,26,33)/b23-9-/t13-,15+,16+,19-/m1/s1. The third-order valence-electron chi connectivity index (χ3n) is 5.99.